The summed E-state index contributed by atoms with van der Waals surface area (Å²) in [6, 6.07) is 29.9. The molecule has 2 amide bonds. The molecule has 0 aliphatic carbocycles. The predicted octanol–water partition coefficient (Wildman–Crippen LogP) is 5.19. The Kier molecular flexibility index (Phi) is 9.80. The van der Waals surface area contributed by atoms with E-state index in [1.54, 1.807) is 36.4 Å². The van der Waals surface area contributed by atoms with Crippen LogP contribution in [0.4, 0.5) is 5.69 Å². The van der Waals surface area contributed by atoms with Crippen molar-refractivity contribution in [2.24, 2.45) is 0 Å². The number of nitrogens with one attached hydrogen (secondary N) is 1. The van der Waals surface area contributed by atoms with Crippen molar-refractivity contribution in [3.63, 3.8) is 0 Å². The summed E-state index contributed by atoms with van der Waals surface area (Å²) in [4.78, 5) is 29.2. The molecule has 7 nitrogen and oxygen atoms in total. The number of carbonyl (C=O) groups excluding carboxylic acids is 2. The third-order valence-corrected chi connectivity index (χ3v) is 8.95. The molecule has 0 spiro atoms. The molecule has 1 N–H and O–H groups in total. The zero-order chi connectivity index (χ0) is 30.3. The minimum atomic E-state index is -4.12. The molecule has 4 aromatic carbocycles. The van der Waals surface area contributed by atoms with Gasteiger partial charge in [-0.1, -0.05) is 95.6 Å². The standard InChI is InChI=1S/C34H37N3O4S/c1-25-13-17-30(18-14-25)37(42(40,41)31-19-15-26(2)16-20-31)24-33(38)36(23-29-12-8-9-27(3)21-29)32(34(39)35-4)22-28-10-6-5-7-11-28/h5-21,32H,22-24H2,1-4H3,(H,35,39). The zero-order valence-electron chi connectivity index (χ0n) is 24.4. The van der Waals surface area contributed by atoms with Gasteiger partial charge in [0.2, 0.25) is 11.8 Å². The van der Waals surface area contributed by atoms with Crippen molar-refractivity contribution in [3.05, 3.63) is 131 Å². The fourth-order valence-corrected chi connectivity index (χ4v) is 6.22. The van der Waals surface area contributed by atoms with Crippen LogP contribution in [-0.2, 0) is 32.6 Å². The molecule has 0 fully saturated rings. The summed E-state index contributed by atoms with van der Waals surface area (Å²) in [5, 5.41) is 2.71. The molecule has 0 radical (unpaired) electrons. The van der Waals surface area contributed by atoms with Gasteiger partial charge < -0.3 is 10.2 Å². The van der Waals surface area contributed by atoms with Crippen molar-refractivity contribution in [3.8, 4) is 0 Å². The third-order valence-electron chi connectivity index (χ3n) is 7.16. The van der Waals surface area contributed by atoms with E-state index in [2.05, 4.69) is 5.32 Å². The van der Waals surface area contributed by atoms with Crippen LogP contribution in [0.2, 0.25) is 0 Å². The highest BCUT2D eigenvalue weighted by atomic mass is 32.2. The molecule has 4 aromatic rings. The Balaban J connectivity index is 1.78. The van der Waals surface area contributed by atoms with E-state index >= 15 is 0 Å². The topological polar surface area (TPSA) is 86.8 Å². The van der Waals surface area contributed by atoms with E-state index in [0.29, 0.717) is 5.69 Å². The van der Waals surface area contributed by atoms with E-state index in [1.807, 2.05) is 87.5 Å². The first-order valence-corrected chi connectivity index (χ1v) is 15.3. The fourth-order valence-electron chi connectivity index (χ4n) is 4.80. The Bertz CT molecular complexity index is 1620. The minimum absolute atomic E-state index is 0.0823. The minimum Gasteiger partial charge on any atom is -0.357 e. The number of likely N-dealkylation sites (N-methyl/N-ethyl adjacent to an activating group) is 1. The van der Waals surface area contributed by atoms with Crippen molar-refractivity contribution in [1.82, 2.24) is 10.2 Å². The molecular weight excluding hydrogens is 546 g/mol. The lowest BCUT2D eigenvalue weighted by Crippen LogP contribution is -2.53. The molecule has 0 saturated carbocycles. The Hall–Kier alpha value is -4.43. The summed E-state index contributed by atoms with van der Waals surface area (Å²) in [7, 11) is -2.58. The number of hydrogen-bond acceptors (Lipinski definition) is 4. The second-order valence-corrected chi connectivity index (χ2v) is 12.4. The van der Waals surface area contributed by atoms with Crippen LogP contribution in [0, 0.1) is 20.8 Å². The molecule has 1 atom stereocenters. The number of nitrogens with zero attached hydrogens (tertiary/aromatic N) is 2. The van der Waals surface area contributed by atoms with Crippen LogP contribution < -0.4 is 9.62 Å². The molecule has 0 heterocycles. The molecule has 0 aliphatic heterocycles. The Morgan fingerprint density at radius 1 is 0.738 bits per heavy atom. The molecule has 0 saturated heterocycles. The molecular formula is C34H37N3O4S. The number of amides is 2. The average Bonchev–Trinajstić information content (AvgIpc) is 2.98. The molecule has 0 aromatic heterocycles. The van der Waals surface area contributed by atoms with E-state index in [0.717, 1.165) is 32.1 Å². The predicted molar refractivity (Wildman–Crippen MR) is 167 cm³/mol. The van der Waals surface area contributed by atoms with Crippen LogP contribution in [0.1, 0.15) is 27.8 Å². The SMILES string of the molecule is CNC(=O)C(Cc1ccccc1)N(Cc1cccc(C)c1)C(=O)CN(c1ccc(C)cc1)S(=O)(=O)c1ccc(C)cc1. The first-order valence-electron chi connectivity index (χ1n) is 13.8. The van der Waals surface area contributed by atoms with Gasteiger partial charge in [-0.3, -0.25) is 13.9 Å². The largest absolute Gasteiger partial charge is 0.357 e. The summed E-state index contributed by atoms with van der Waals surface area (Å²) in [6.45, 7) is 5.41. The smallest absolute Gasteiger partial charge is 0.264 e. The first kappa shape index (κ1) is 30.5. The average molecular weight is 584 g/mol. The summed E-state index contributed by atoms with van der Waals surface area (Å²) >= 11 is 0. The Labute approximate surface area is 248 Å². The molecule has 4 rings (SSSR count). The lowest BCUT2D eigenvalue weighted by molar-refractivity contribution is -0.139. The fraction of sp³-hybridized carbons (Fsp3) is 0.235. The van der Waals surface area contributed by atoms with Gasteiger partial charge in [0.05, 0.1) is 10.6 Å². The number of anilines is 1. The molecule has 0 aliphatic rings. The molecule has 42 heavy (non-hydrogen) atoms. The van der Waals surface area contributed by atoms with Crippen LogP contribution in [0.15, 0.2) is 108 Å². The monoisotopic (exact) mass is 583 g/mol. The summed E-state index contributed by atoms with van der Waals surface area (Å²) < 4.78 is 29.2. The maximum atomic E-state index is 14.3. The van der Waals surface area contributed by atoms with Gasteiger partial charge in [-0.25, -0.2) is 8.42 Å². The van der Waals surface area contributed by atoms with E-state index in [-0.39, 0.29) is 23.8 Å². The van der Waals surface area contributed by atoms with Gasteiger partial charge in [0, 0.05) is 20.0 Å². The van der Waals surface area contributed by atoms with Crippen molar-refractivity contribution < 1.29 is 18.0 Å². The van der Waals surface area contributed by atoms with Crippen LogP contribution in [-0.4, -0.2) is 44.8 Å². The summed E-state index contributed by atoms with van der Waals surface area (Å²) in [6.07, 6.45) is 0.271. The first-order chi connectivity index (χ1) is 20.1. The number of aryl methyl sites for hydroxylation is 3. The van der Waals surface area contributed by atoms with Crippen LogP contribution in [0.3, 0.4) is 0 Å². The number of hydrogen-bond donors (Lipinski definition) is 1. The van der Waals surface area contributed by atoms with Crippen LogP contribution >= 0.6 is 0 Å². The van der Waals surface area contributed by atoms with Gasteiger partial charge in [-0.15, -0.1) is 0 Å². The van der Waals surface area contributed by atoms with E-state index < -0.39 is 28.5 Å². The molecule has 1 unspecified atom stereocenters. The maximum absolute atomic E-state index is 14.3. The van der Waals surface area contributed by atoms with Gasteiger partial charge in [-0.05, 0) is 56.2 Å². The van der Waals surface area contributed by atoms with Crippen molar-refractivity contribution in [1.29, 1.82) is 0 Å². The van der Waals surface area contributed by atoms with Gasteiger partial charge in [0.25, 0.3) is 10.0 Å². The Morgan fingerprint density at radius 2 is 1.33 bits per heavy atom. The Morgan fingerprint density at radius 3 is 1.93 bits per heavy atom. The van der Waals surface area contributed by atoms with Crippen molar-refractivity contribution in [2.75, 3.05) is 17.9 Å². The van der Waals surface area contributed by atoms with Gasteiger partial charge >= 0.3 is 0 Å². The lowest BCUT2D eigenvalue weighted by Gasteiger charge is -2.33. The molecule has 8 heteroatoms. The number of benzene rings is 4. The van der Waals surface area contributed by atoms with Gasteiger partial charge in [0.1, 0.15) is 12.6 Å². The second kappa shape index (κ2) is 13.5. The third kappa shape index (κ3) is 7.44. The number of rotatable bonds is 11. The van der Waals surface area contributed by atoms with Gasteiger partial charge in [0.15, 0.2) is 0 Å². The van der Waals surface area contributed by atoms with E-state index in [9.17, 15) is 18.0 Å². The van der Waals surface area contributed by atoms with Crippen molar-refractivity contribution in [2.45, 2.75) is 44.7 Å². The molecule has 0 bridgehead atoms. The van der Waals surface area contributed by atoms with Crippen LogP contribution in [0.25, 0.3) is 0 Å². The number of carbonyl (C=O) groups is 2. The molecule has 218 valence electrons. The second-order valence-electron chi connectivity index (χ2n) is 10.5. The highest BCUT2D eigenvalue weighted by Gasteiger charge is 2.34. The quantitative estimate of drug-likeness (QED) is 0.263. The highest BCUT2D eigenvalue weighted by molar-refractivity contribution is 7.92. The zero-order valence-corrected chi connectivity index (χ0v) is 25.3. The lowest BCUT2D eigenvalue weighted by atomic mass is 10.0. The maximum Gasteiger partial charge on any atom is 0.264 e. The number of sulfonamides is 1. The highest BCUT2D eigenvalue weighted by Crippen LogP contribution is 2.26. The van der Waals surface area contributed by atoms with E-state index in [4.69, 9.17) is 0 Å². The normalized spacial score (nSPS) is 11.9. The van der Waals surface area contributed by atoms with Crippen molar-refractivity contribution >= 4 is 27.5 Å². The summed E-state index contributed by atoms with van der Waals surface area (Å²) in [5.41, 5.74) is 4.99. The summed E-state index contributed by atoms with van der Waals surface area (Å²) in [5.74, 6) is -0.819. The van der Waals surface area contributed by atoms with Crippen LogP contribution in [0.5, 0.6) is 0 Å². The van der Waals surface area contributed by atoms with Gasteiger partial charge in [-0.2, -0.15) is 0 Å². The van der Waals surface area contributed by atoms with E-state index in [1.165, 1.54) is 11.9 Å².